The van der Waals surface area contributed by atoms with E-state index in [1.165, 1.54) is 5.56 Å². The summed E-state index contributed by atoms with van der Waals surface area (Å²) >= 11 is 0. The Labute approximate surface area is 170 Å². The molecule has 0 aliphatic rings. The Kier molecular flexibility index (Phi) is 6.29. The second-order valence-corrected chi connectivity index (χ2v) is 6.42. The number of amides is 1. The van der Waals surface area contributed by atoms with Crippen LogP contribution in [-0.2, 0) is 6.42 Å². The maximum atomic E-state index is 12.7. The minimum absolute atomic E-state index is 0.264. The number of hydrogen-bond acceptors (Lipinski definition) is 6. The molecule has 0 aliphatic heterocycles. The lowest BCUT2D eigenvalue weighted by molar-refractivity contribution is 0.102. The van der Waals surface area contributed by atoms with Crippen molar-refractivity contribution in [3.8, 4) is 11.5 Å². The van der Waals surface area contributed by atoms with Crippen molar-refractivity contribution in [2.24, 2.45) is 0 Å². The summed E-state index contributed by atoms with van der Waals surface area (Å²) in [6.45, 7) is 3.93. The first kappa shape index (κ1) is 20.1. The molecule has 0 unspecified atom stereocenters. The third-order valence-electron chi connectivity index (χ3n) is 4.35. The second-order valence-electron chi connectivity index (χ2n) is 6.42. The molecule has 0 saturated heterocycles. The zero-order valence-electron chi connectivity index (χ0n) is 16.9. The molecule has 0 saturated carbocycles. The normalized spacial score (nSPS) is 10.3. The summed E-state index contributed by atoms with van der Waals surface area (Å²) in [6.07, 6.45) is 0.974. The Balaban J connectivity index is 1.78. The molecule has 0 bridgehead atoms. The van der Waals surface area contributed by atoms with Crippen LogP contribution in [0.25, 0.3) is 0 Å². The van der Waals surface area contributed by atoms with E-state index in [9.17, 15) is 4.79 Å². The smallest absolute Gasteiger partial charge is 0.274 e. The molecule has 2 N–H and O–H groups in total. The molecule has 0 radical (unpaired) electrons. The highest BCUT2D eigenvalue weighted by Crippen LogP contribution is 2.30. The Morgan fingerprint density at radius 1 is 0.931 bits per heavy atom. The van der Waals surface area contributed by atoms with Crippen LogP contribution in [0.3, 0.4) is 0 Å². The van der Waals surface area contributed by atoms with Crippen molar-refractivity contribution in [2.75, 3.05) is 24.9 Å². The highest BCUT2D eigenvalue weighted by atomic mass is 16.5. The molecule has 0 aliphatic carbocycles. The first-order chi connectivity index (χ1) is 14.0. The lowest BCUT2D eigenvalue weighted by Gasteiger charge is -2.11. The lowest BCUT2D eigenvalue weighted by atomic mass is 10.1. The molecule has 7 heteroatoms. The molecule has 0 spiro atoms. The van der Waals surface area contributed by atoms with Gasteiger partial charge in [-0.2, -0.15) is 0 Å². The Bertz CT molecular complexity index is 1000. The van der Waals surface area contributed by atoms with Crippen LogP contribution in [0.15, 0.2) is 48.5 Å². The Hall–Kier alpha value is -3.61. The van der Waals surface area contributed by atoms with Crippen LogP contribution < -0.4 is 20.1 Å². The Morgan fingerprint density at radius 3 is 2.28 bits per heavy atom. The van der Waals surface area contributed by atoms with Gasteiger partial charge in [0.15, 0.2) is 11.5 Å². The van der Waals surface area contributed by atoms with Gasteiger partial charge in [0, 0.05) is 23.1 Å². The predicted octanol–water partition coefficient (Wildman–Crippen LogP) is 4.36. The zero-order valence-corrected chi connectivity index (χ0v) is 16.9. The van der Waals surface area contributed by atoms with E-state index in [1.807, 2.05) is 31.2 Å². The van der Waals surface area contributed by atoms with E-state index >= 15 is 0 Å². The maximum absolute atomic E-state index is 12.7. The number of aromatic nitrogens is 2. The van der Waals surface area contributed by atoms with Gasteiger partial charge in [-0.15, -0.1) is 0 Å². The minimum atomic E-state index is -0.341. The van der Waals surface area contributed by atoms with Crippen LogP contribution in [0.2, 0.25) is 0 Å². The number of methoxy groups -OCH3 is 2. The number of anilines is 3. The number of carbonyl (C=O) groups is 1. The van der Waals surface area contributed by atoms with Gasteiger partial charge in [0.05, 0.1) is 14.2 Å². The van der Waals surface area contributed by atoms with Gasteiger partial charge in [-0.25, -0.2) is 9.97 Å². The van der Waals surface area contributed by atoms with Gasteiger partial charge in [0.2, 0.25) is 5.95 Å². The second kappa shape index (κ2) is 9.05. The molecule has 29 heavy (non-hydrogen) atoms. The van der Waals surface area contributed by atoms with Crippen molar-refractivity contribution in [1.82, 2.24) is 9.97 Å². The van der Waals surface area contributed by atoms with Gasteiger partial charge < -0.3 is 20.1 Å². The van der Waals surface area contributed by atoms with E-state index in [1.54, 1.807) is 38.5 Å². The average Bonchev–Trinajstić information content (AvgIpc) is 2.73. The van der Waals surface area contributed by atoms with E-state index in [-0.39, 0.29) is 11.6 Å². The van der Waals surface area contributed by atoms with E-state index in [0.29, 0.717) is 28.8 Å². The van der Waals surface area contributed by atoms with Crippen LogP contribution in [0.5, 0.6) is 11.5 Å². The predicted molar refractivity (Wildman–Crippen MR) is 113 cm³/mol. The van der Waals surface area contributed by atoms with Gasteiger partial charge in [0.25, 0.3) is 5.91 Å². The summed E-state index contributed by atoms with van der Waals surface area (Å²) in [5, 5.41) is 5.97. The SMILES string of the molecule is CCc1ccc(Nc2nc(C)cc(C(=O)Nc3ccc(OC)c(OC)c3)n2)cc1. The number of nitrogens with zero attached hydrogens (tertiary/aromatic N) is 2. The third kappa shape index (κ3) is 5.01. The number of rotatable bonds is 7. The zero-order chi connectivity index (χ0) is 20.8. The average molecular weight is 392 g/mol. The molecular weight excluding hydrogens is 368 g/mol. The van der Waals surface area contributed by atoms with E-state index in [0.717, 1.165) is 12.1 Å². The molecule has 2 aromatic carbocycles. The van der Waals surface area contributed by atoms with Gasteiger partial charge in [-0.05, 0) is 49.2 Å². The van der Waals surface area contributed by atoms with E-state index in [2.05, 4.69) is 27.5 Å². The summed E-state index contributed by atoms with van der Waals surface area (Å²) in [6, 6.07) is 14.8. The monoisotopic (exact) mass is 392 g/mol. The summed E-state index contributed by atoms with van der Waals surface area (Å²) in [5.74, 6) is 1.14. The van der Waals surface area contributed by atoms with Crippen LogP contribution in [-0.4, -0.2) is 30.1 Å². The molecule has 150 valence electrons. The van der Waals surface area contributed by atoms with Gasteiger partial charge >= 0.3 is 0 Å². The molecule has 0 atom stereocenters. The molecule has 0 fully saturated rings. The van der Waals surface area contributed by atoms with Gasteiger partial charge in [-0.3, -0.25) is 4.79 Å². The molecule has 3 aromatic rings. The first-order valence-corrected chi connectivity index (χ1v) is 9.27. The van der Waals surface area contributed by atoms with Gasteiger partial charge in [0.1, 0.15) is 5.69 Å². The molecule has 3 rings (SSSR count). The number of ether oxygens (including phenoxy) is 2. The quantitative estimate of drug-likeness (QED) is 0.621. The topological polar surface area (TPSA) is 85.4 Å². The van der Waals surface area contributed by atoms with E-state index in [4.69, 9.17) is 9.47 Å². The third-order valence-corrected chi connectivity index (χ3v) is 4.35. The lowest BCUT2D eigenvalue weighted by Crippen LogP contribution is -2.15. The number of hydrogen-bond donors (Lipinski definition) is 2. The van der Waals surface area contributed by atoms with Crippen molar-refractivity contribution in [1.29, 1.82) is 0 Å². The summed E-state index contributed by atoms with van der Waals surface area (Å²) in [7, 11) is 3.10. The first-order valence-electron chi connectivity index (χ1n) is 9.27. The van der Waals surface area contributed by atoms with Crippen molar-refractivity contribution in [3.63, 3.8) is 0 Å². The molecular formula is C22H24N4O3. The van der Waals surface area contributed by atoms with Gasteiger partial charge in [-0.1, -0.05) is 19.1 Å². The fourth-order valence-electron chi connectivity index (χ4n) is 2.80. The van der Waals surface area contributed by atoms with Crippen molar-refractivity contribution in [2.45, 2.75) is 20.3 Å². The summed E-state index contributed by atoms with van der Waals surface area (Å²) in [4.78, 5) is 21.4. The number of nitrogens with one attached hydrogen (secondary N) is 2. The molecule has 1 aromatic heterocycles. The standard InChI is InChI=1S/C22H24N4O3/c1-5-15-6-8-16(9-7-15)25-22-23-14(2)12-18(26-22)21(27)24-17-10-11-19(28-3)20(13-17)29-4/h6-13H,5H2,1-4H3,(H,24,27)(H,23,25,26). The van der Waals surface area contributed by atoms with Crippen LogP contribution in [0.1, 0.15) is 28.7 Å². The summed E-state index contributed by atoms with van der Waals surface area (Å²) < 4.78 is 10.5. The highest BCUT2D eigenvalue weighted by Gasteiger charge is 2.13. The summed E-state index contributed by atoms with van der Waals surface area (Å²) in [5.41, 5.74) is 3.63. The van der Waals surface area contributed by atoms with Crippen LogP contribution >= 0.6 is 0 Å². The van der Waals surface area contributed by atoms with Crippen molar-refractivity contribution in [3.05, 3.63) is 65.5 Å². The van der Waals surface area contributed by atoms with E-state index < -0.39 is 0 Å². The molecule has 1 heterocycles. The largest absolute Gasteiger partial charge is 0.493 e. The van der Waals surface area contributed by atoms with Crippen LogP contribution in [0, 0.1) is 6.92 Å². The number of carbonyl (C=O) groups excluding carboxylic acids is 1. The minimum Gasteiger partial charge on any atom is -0.493 e. The fourth-order valence-corrected chi connectivity index (χ4v) is 2.80. The number of aryl methyl sites for hydroxylation is 2. The molecule has 1 amide bonds. The maximum Gasteiger partial charge on any atom is 0.274 e. The van der Waals surface area contributed by atoms with Crippen molar-refractivity contribution >= 4 is 23.2 Å². The fraction of sp³-hybridized carbons (Fsp3) is 0.227. The van der Waals surface area contributed by atoms with Crippen molar-refractivity contribution < 1.29 is 14.3 Å². The van der Waals surface area contributed by atoms with Crippen LogP contribution in [0.4, 0.5) is 17.3 Å². The highest BCUT2D eigenvalue weighted by molar-refractivity contribution is 6.03. The molecule has 7 nitrogen and oxygen atoms in total. The Morgan fingerprint density at radius 2 is 1.62 bits per heavy atom. The number of benzene rings is 2.